The maximum Gasteiger partial charge on any atom is 0.266 e. The minimum atomic E-state index is -3.87. The molecule has 7 heteroatoms. The molecule has 1 amide bonds. The highest BCUT2D eigenvalue weighted by molar-refractivity contribution is 7.89. The van der Waals surface area contributed by atoms with Gasteiger partial charge in [0, 0.05) is 5.56 Å². The van der Waals surface area contributed by atoms with Crippen molar-refractivity contribution in [2.45, 2.75) is 18.7 Å². The monoisotopic (exact) mass is 322 g/mol. The third kappa shape index (κ3) is 3.69. The maximum atomic E-state index is 12.8. The van der Waals surface area contributed by atoms with Gasteiger partial charge in [0.25, 0.3) is 15.9 Å². The number of hydrogen-bond donors (Lipinski definition) is 2. The van der Waals surface area contributed by atoms with Crippen LogP contribution in [0.3, 0.4) is 0 Å². The van der Waals surface area contributed by atoms with Gasteiger partial charge >= 0.3 is 0 Å². The van der Waals surface area contributed by atoms with Gasteiger partial charge in [-0.3, -0.25) is 10.2 Å². The molecule has 0 radical (unpaired) electrons. The van der Waals surface area contributed by atoms with E-state index >= 15 is 0 Å². The summed E-state index contributed by atoms with van der Waals surface area (Å²) >= 11 is 0. The number of halogens is 1. The SMILES string of the molecule is Cc1ccc(S(=O)(=O)NNC(=O)c2ccc(F)cc2)cc1C. The number of sulfonamides is 1. The molecule has 5 nitrogen and oxygen atoms in total. The average Bonchev–Trinajstić information content (AvgIpc) is 2.48. The second-order valence-electron chi connectivity index (χ2n) is 4.81. The molecule has 0 aliphatic carbocycles. The fourth-order valence-electron chi connectivity index (χ4n) is 1.73. The standard InChI is InChI=1S/C15H15FN2O3S/c1-10-3-8-14(9-11(10)2)22(20,21)18-17-15(19)12-4-6-13(16)7-5-12/h3-9,18H,1-2H3,(H,17,19). The summed E-state index contributed by atoms with van der Waals surface area (Å²) in [5.41, 5.74) is 4.03. The maximum absolute atomic E-state index is 12.8. The molecule has 0 unspecified atom stereocenters. The van der Waals surface area contributed by atoms with Gasteiger partial charge in [-0.2, -0.15) is 0 Å². The Morgan fingerprint density at radius 3 is 2.23 bits per heavy atom. The Balaban J connectivity index is 2.10. The number of benzene rings is 2. The van der Waals surface area contributed by atoms with Crippen LogP contribution in [-0.2, 0) is 10.0 Å². The quantitative estimate of drug-likeness (QED) is 0.846. The van der Waals surface area contributed by atoms with Gasteiger partial charge in [-0.25, -0.2) is 12.8 Å². The van der Waals surface area contributed by atoms with Gasteiger partial charge in [-0.1, -0.05) is 6.07 Å². The summed E-state index contributed by atoms with van der Waals surface area (Å²) in [6.45, 7) is 3.67. The minimum absolute atomic E-state index is 0.0509. The van der Waals surface area contributed by atoms with Crippen LogP contribution in [0.2, 0.25) is 0 Å². The molecule has 0 heterocycles. The van der Waals surface area contributed by atoms with Crippen LogP contribution in [0.5, 0.6) is 0 Å². The lowest BCUT2D eigenvalue weighted by molar-refractivity contribution is 0.0945. The van der Waals surface area contributed by atoms with Gasteiger partial charge in [0.15, 0.2) is 0 Å². The van der Waals surface area contributed by atoms with E-state index in [1.54, 1.807) is 13.0 Å². The molecular weight excluding hydrogens is 307 g/mol. The van der Waals surface area contributed by atoms with Crippen LogP contribution in [0.4, 0.5) is 4.39 Å². The molecule has 116 valence electrons. The van der Waals surface area contributed by atoms with Crippen molar-refractivity contribution in [3.63, 3.8) is 0 Å². The summed E-state index contributed by atoms with van der Waals surface area (Å²) in [5.74, 6) is -1.15. The van der Waals surface area contributed by atoms with Gasteiger partial charge in [0.1, 0.15) is 5.82 Å². The van der Waals surface area contributed by atoms with Gasteiger partial charge in [-0.15, -0.1) is 4.83 Å². The number of carbonyl (C=O) groups is 1. The van der Waals surface area contributed by atoms with Crippen LogP contribution in [0.1, 0.15) is 21.5 Å². The van der Waals surface area contributed by atoms with Gasteiger partial charge in [0.2, 0.25) is 0 Å². The fraction of sp³-hybridized carbons (Fsp3) is 0.133. The van der Waals surface area contributed by atoms with E-state index in [9.17, 15) is 17.6 Å². The Bertz CT molecular complexity index is 802. The van der Waals surface area contributed by atoms with Crippen molar-refractivity contribution in [3.05, 3.63) is 65.0 Å². The highest BCUT2D eigenvalue weighted by Crippen LogP contribution is 2.14. The van der Waals surface area contributed by atoms with E-state index in [4.69, 9.17) is 0 Å². The molecule has 0 fully saturated rings. The Morgan fingerprint density at radius 2 is 1.64 bits per heavy atom. The molecule has 0 atom stereocenters. The second-order valence-corrected chi connectivity index (χ2v) is 6.49. The summed E-state index contributed by atoms with van der Waals surface area (Å²) in [5, 5.41) is 0. The smallest absolute Gasteiger partial charge is 0.266 e. The second kappa shape index (κ2) is 6.25. The Labute approximate surface area is 128 Å². The third-order valence-corrected chi connectivity index (χ3v) is 4.44. The molecule has 0 spiro atoms. The van der Waals surface area contributed by atoms with Crippen LogP contribution in [0.25, 0.3) is 0 Å². The highest BCUT2D eigenvalue weighted by atomic mass is 32.2. The number of rotatable bonds is 4. The zero-order valence-corrected chi connectivity index (χ0v) is 12.9. The molecule has 0 bridgehead atoms. The molecule has 2 N–H and O–H groups in total. The van der Waals surface area contributed by atoms with Crippen LogP contribution in [0, 0.1) is 19.7 Å². The number of carbonyl (C=O) groups excluding carboxylic acids is 1. The van der Waals surface area contributed by atoms with Crippen LogP contribution < -0.4 is 10.3 Å². The summed E-state index contributed by atoms with van der Waals surface area (Å²) in [6.07, 6.45) is 0. The lowest BCUT2D eigenvalue weighted by Crippen LogP contribution is -2.41. The van der Waals surface area contributed by atoms with Crippen molar-refractivity contribution in [3.8, 4) is 0 Å². The van der Waals surface area contributed by atoms with E-state index in [0.717, 1.165) is 23.3 Å². The summed E-state index contributed by atoms with van der Waals surface area (Å²) in [7, 11) is -3.87. The number of aryl methyl sites for hydroxylation is 2. The van der Waals surface area contributed by atoms with Crippen molar-refractivity contribution in [1.29, 1.82) is 0 Å². The van der Waals surface area contributed by atoms with Crippen LogP contribution >= 0.6 is 0 Å². The molecule has 0 aliphatic heterocycles. The third-order valence-electron chi connectivity index (χ3n) is 3.19. The lowest BCUT2D eigenvalue weighted by atomic mass is 10.1. The molecule has 22 heavy (non-hydrogen) atoms. The van der Waals surface area contributed by atoms with Gasteiger partial charge < -0.3 is 0 Å². The zero-order valence-electron chi connectivity index (χ0n) is 12.1. The first-order chi connectivity index (χ1) is 10.3. The molecule has 2 rings (SSSR count). The summed E-state index contributed by atoms with van der Waals surface area (Å²) in [4.78, 5) is 13.9. The highest BCUT2D eigenvalue weighted by Gasteiger charge is 2.16. The van der Waals surface area contributed by atoms with E-state index in [-0.39, 0.29) is 10.5 Å². The normalized spacial score (nSPS) is 11.2. The molecule has 2 aromatic carbocycles. The lowest BCUT2D eigenvalue weighted by Gasteiger charge is -2.10. The number of hydrazine groups is 1. The molecular formula is C15H15FN2O3S. The Morgan fingerprint density at radius 1 is 1.00 bits per heavy atom. The van der Waals surface area contributed by atoms with Crippen molar-refractivity contribution in [2.24, 2.45) is 0 Å². The minimum Gasteiger partial charge on any atom is -0.273 e. The number of amides is 1. The summed E-state index contributed by atoms with van der Waals surface area (Å²) < 4.78 is 37.0. The number of hydrogen-bond acceptors (Lipinski definition) is 3. The average molecular weight is 322 g/mol. The van der Waals surface area contributed by atoms with Crippen molar-refractivity contribution >= 4 is 15.9 Å². The Hall–Kier alpha value is -2.25. The topological polar surface area (TPSA) is 75.3 Å². The molecule has 2 aromatic rings. The summed E-state index contributed by atoms with van der Waals surface area (Å²) in [6, 6.07) is 9.41. The van der Waals surface area contributed by atoms with Crippen molar-refractivity contribution < 1.29 is 17.6 Å². The largest absolute Gasteiger partial charge is 0.273 e. The van der Waals surface area contributed by atoms with E-state index in [2.05, 4.69) is 5.43 Å². The fourth-order valence-corrected chi connectivity index (χ4v) is 2.65. The molecule has 0 aliphatic rings. The molecule has 0 aromatic heterocycles. The predicted molar refractivity (Wildman–Crippen MR) is 80.1 cm³/mol. The van der Waals surface area contributed by atoms with Crippen molar-refractivity contribution in [1.82, 2.24) is 10.3 Å². The van der Waals surface area contributed by atoms with E-state index in [1.165, 1.54) is 24.3 Å². The van der Waals surface area contributed by atoms with Gasteiger partial charge in [-0.05, 0) is 61.4 Å². The molecule has 0 saturated carbocycles. The Kier molecular flexibility index (Phi) is 4.58. The van der Waals surface area contributed by atoms with Gasteiger partial charge in [0.05, 0.1) is 4.90 Å². The first-order valence-electron chi connectivity index (χ1n) is 6.44. The number of nitrogens with one attached hydrogen (secondary N) is 2. The first-order valence-corrected chi connectivity index (χ1v) is 7.93. The first kappa shape index (κ1) is 16.1. The van der Waals surface area contributed by atoms with Crippen LogP contribution in [-0.4, -0.2) is 14.3 Å². The van der Waals surface area contributed by atoms with Crippen LogP contribution in [0.15, 0.2) is 47.4 Å². The zero-order chi connectivity index (χ0) is 16.3. The molecule has 0 saturated heterocycles. The predicted octanol–water partition coefficient (Wildman–Crippen LogP) is 2.07. The van der Waals surface area contributed by atoms with E-state index in [1.807, 2.05) is 11.8 Å². The van der Waals surface area contributed by atoms with E-state index in [0.29, 0.717) is 0 Å². The van der Waals surface area contributed by atoms with Crippen molar-refractivity contribution in [2.75, 3.05) is 0 Å². The van der Waals surface area contributed by atoms with E-state index < -0.39 is 21.7 Å².